The fourth-order valence-electron chi connectivity index (χ4n) is 1.26. The number of aldehydes is 1. The second-order valence-corrected chi connectivity index (χ2v) is 3.34. The number of carbonyl (C=O) groups is 2. The minimum absolute atomic E-state index is 0.282. The molecule has 86 valence electrons. The molecule has 1 unspecified atom stereocenters. The van der Waals surface area contributed by atoms with Crippen LogP contribution >= 0.6 is 0 Å². The highest BCUT2D eigenvalue weighted by Gasteiger charge is 2.14. The summed E-state index contributed by atoms with van der Waals surface area (Å²) in [7, 11) is 0. The highest BCUT2D eigenvalue weighted by molar-refractivity contribution is 5.62. The number of hydroxylamine groups is 2. The molecule has 0 aromatic heterocycles. The van der Waals surface area contributed by atoms with Crippen LogP contribution < -0.4 is 0 Å². The Labute approximate surface area is 94.8 Å². The minimum atomic E-state index is -0.513. The molecule has 1 atom stereocenters. The van der Waals surface area contributed by atoms with Crippen LogP contribution in [0.5, 0.6) is 0 Å². The third kappa shape index (κ3) is 3.47. The summed E-state index contributed by atoms with van der Waals surface area (Å²) in [6, 6.07) is 8.96. The van der Waals surface area contributed by atoms with Crippen molar-refractivity contribution in [2.75, 3.05) is 0 Å². The van der Waals surface area contributed by atoms with Gasteiger partial charge in [0.2, 0.25) is 6.41 Å². The van der Waals surface area contributed by atoms with Crippen molar-refractivity contribution in [1.29, 1.82) is 0 Å². The smallest absolute Gasteiger partial charge is 0.234 e. The number of amides is 1. The Morgan fingerprint density at radius 2 is 2.00 bits per heavy atom. The van der Waals surface area contributed by atoms with Gasteiger partial charge in [-0.25, -0.2) is 5.06 Å². The van der Waals surface area contributed by atoms with Gasteiger partial charge in [0.15, 0.2) is 0 Å². The van der Waals surface area contributed by atoms with E-state index in [1.807, 2.05) is 37.3 Å². The van der Waals surface area contributed by atoms with Crippen LogP contribution in [-0.2, 0) is 21.0 Å². The number of benzene rings is 1. The third-order valence-corrected chi connectivity index (χ3v) is 2.23. The number of hydrogen-bond acceptors (Lipinski definition) is 3. The Kier molecular flexibility index (Phi) is 5.22. The van der Waals surface area contributed by atoms with Gasteiger partial charge in [-0.05, 0) is 12.0 Å². The molecule has 1 amide bonds. The van der Waals surface area contributed by atoms with Crippen molar-refractivity contribution in [3.8, 4) is 0 Å². The van der Waals surface area contributed by atoms with Gasteiger partial charge in [0.1, 0.15) is 18.9 Å². The summed E-state index contributed by atoms with van der Waals surface area (Å²) in [6.07, 6.45) is 1.78. The predicted molar refractivity (Wildman–Crippen MR) is 59.3 cm³/mol. The van der Waals surface area contributed by atoms with E-state index in [4.69, 9.17) is 4.84 Å². The molecule has 0 radical (unpaired) electrons. The Morgan fingerprint density at radius 1 is 1.31 bits per heavy atom. The van der Waals surface area contributed by atoms with E-state index in [2.05, 4.69) is 0 Å². The molecule has 0 aliphatic rings. The van der Waals surface area contributed by atoms with Crippen LogP contribution in [0.1, 0.15) is 18.9 Å². The van der Waals surface area contributed by atoms with E-state index in [-0.39, 0.29) is 6.61 Å². The predicted octanol–water partition coefficient (Wildman–Crippen LogP) is 1.55. The normalized spacial score (nSPS) is 11.8. The standard InChI is InChI=1S/C12H15NO3/c1-2-12(8-14)13(10-15)16-9-11-6-4-3-5-7-11/h3-8,10,12H,2,9H2,1H3. The van der Waals surface area contributed by atoms with E-state index in [0.717, 1.165) is 10.6 Å². The maximum absolute atomic E-state index is 10.7. The molecule has 4 nitrogen and oxygen atoms in total. The SMILES string of the molecule is CCC(C=O)N(C=O)OCc1ccccc1. The lowest BCUT2D eigenvalue weighted by atomic mass is 10.2. The van der Waals surface area contributed by atoms with Crippen LogP contribution in [0.15, 0.2) is 30.3 Å². The summed E-state index contributed by atoms with van der Waals surface area (Å²) in [4.78, 5) is 26.7. The quantitative estimate of drug-likeness (QED) is 0.518. The Balaban J connectivity index is 2.51. The van der Waals surface area contributed by atoms with Crippen molar-refractivity contribution in [3.05, 3.63) is 35.9 Å². The molecule has 0 bridgehead atoms. The molecule has 4 heteroatoms. The number of hydrogen-bond donors (Lipinski definition) is 0. The molecule has 0 saturated heterocycles. The molecule has 0 heterocycles. The van der Waals surface area contributed by atoms with Crippen LogP contribution in [-0.4, -0.2) is 23.8 Å². The molecule has 0 spiro atoms. The average molecular weight is 221 g/mol. The molecule has 16 heavy (non-hydrogen) atoms. The summed E-state index contributed by atoms with van der Waals surface area (Å²) in [5.41, 5.74) is 0.954. The first kappa shape index (κ1) is 12.4. The van der Waals surface area contributed by atoms with Crippen LogP contribution in [0.4, 0.5) is 0 Å². The molecule has 0 fully saturated rings. The van der Waals surface area contributed by atoms with Gasteiger partial charge in [0.05, 0.1) is 0 Å². The Bertz CT molecular complexity index is 326. The van der Waals surface area contributed by atoms with Crippen LogP contribution in [0.2, 0.25) is 0 Å². The largest absolute Gasteiger partial charge is 0.301 e. The third-order valence-electron chi connectivity index (χ3n) is 2.23. The van der Waals surface area contributed by atoms with Crippen LogP contribution in [0, 0.1) is 0 Å². The second-order valence-electron chi connectivity index (χ2n) is 3.34. The number of rotatable bonds is 7. The maximum atomic E-state index is 10.7. The summed E-state index contributed by atoms with van der Waals surface area (Å²) < 4.78 is 0. The van der Waals surface area contributed by atoms with Crippen molar-refractivity contribution in [1.82, 2.24) is 5.06 Å². The van der Waals surface area contributed by atoms with Gasteiger partial charge < -0.3 is 4.79 Å². The van der Waals surface area contributed by atoms with Crippen molar-refractivity contribution in [2.24, 2.45) is 0 Å². The first-order valence-corrected chi connectivity index (χ1v) is 5.17. The highest BCUT2D eigenvalue weighted by Crippen LogP contribution is 2.05. The lowest BCUT2D eigenvalue weighted by Crippen LogP contribution is -2.34. The molecular formula is C12H15NO3. The van der Waals surface area contributed by atoms with E-state index < -0.39 is 6.04 Å². The topological polar surface area (TPSA) is 46.6 Å². The molecule has 1 aromatic carbocycles. The van der Waals surface area contributed by atoms with Gasteiger partial charge in [-0.3, -0.25) is 9.63 Å². The molecule has 0 aliphatic carbocycles. The minimum Gasteiger partial charge on any atom is -0.301 e. The van der Waals surface area contributed by atoms with Gasteiger partial charge in [-0.1, -0.05) is 37.3 Å². The van der Waals surface area contributed by atoms with Gasteiger partial charge >= 0.3 is 0 Å². The fraction of sp³-hybridized carbons (Fsp3) is 0.333. The van der Waals surface area contributed by atoms with Gasteiger partial charge in [-0.2, -0.15) is 0 Å². The van der Waals surface area contributed by atoms with Crippen molar-refractivity contribution >= 4 is 12.7 Å². The fourth-order valence-corrected chi connectivity index (χ4v) is 1.26. The molecule has 0 aliphatic heterocycles. The van der Waals surface area contributed by atoms with Crippen molar-refractivity contribution in [3.63, 3.8) is 0 Å². The summed E-state index contributed by atoms with van der Waals surface area (Å²) in [6.45, 7) is 2.10. The van der Waals surface area contributed by atoms with Crippen LogP contribution in [0.25, 0.3) is 0 Å². The van der Waals surface area contributed by atoms with E-state index in [0.29, 0.717) is 19.1 Å². The van der Waals surface area contributed by atoms with Gasteiger partial charge in [0, 0.05) is 0 Å². The van der Waals surface area contributed by atoms with E-state index in [1.165, 1.54) is 0 Å². The molecule has 1 rings (SSSR count). The Morgan fingerprint density at radius 3 is 2.50 bits per heavy atom. The molecule has 1 aromatic rings. The van der Waals surface area contributed by atoms with E-state index in [9.17, 15) is 9.59 Å². The second kappa shape index (κ2) is 6.74. The van der Waals surface area contributed by atoms with Crippen molar-refractivity contribution < 1.29 is 14.4 Å². The van der Waals surface area contributed by atoms with E-state index in [1.54, 1.807) is 0 Å². The van der Waals surface area contributed by atoms with Crippen LogP contribution in [0.3, 0.4) is 0 Å². The van der Waals surface area contributed by atoms with Gasteiger partial charge in [0.25, 0.3) is 0 Å². The summed E-state index contributed by atoms with van der Waals surface area (Å²) >= 11 is 0. The zero-order valence-corrected chi connectivity index (χ0v) is 9.20. The van der Waals surface area contributed by atoms with Crippen molar-refractivity contribution in [2.45, 2.75) is 26.0 Å². The highest BCUT2D eigenvalue weighted by atomic mass is 16.7. The number of carbonyl (C=O) groups excluding carboxylic acids is 2. The first-order valence-electron chi connectivity index (χ1n) is 5.17. The summed E-state index contributed by atoms with van der Waals surface area (Å²) in [5.74, 6) is 0. The van der Waals surface area contributed by atoms with E-state index >= 15 is 0 Å². The Hall–Kier alpha value is -1.68. The average Bonchev–Trinajstić information content (AvgIpc) is 2.35. The monoisotopic (exact) mass is 221 g/mol. The molecular weight excluding hydrogens is 206 g/mol. The molecule has 0 saturated carbocycles. The molecule has 0 N–H and O–H groups in total. The first-order chi connectivity index (χ1) is 7.81. The summed E-state index contributed by atoms with van der Waals surface area (Å²) in [5, 5.41) is 1.06. The maximum Gasteiger partial charge on any atom is 0.234 e. The van der Waals surface area contributed by atoms with Gasteiger partial charge in [-0.15, -0.1) is 0 Å². The lowest BCUT2D eigenvalue weighted by molar-refractivity contribution is -0.191. The lowest BCUT2D eigenvalue weighted by Gasteiger charge is -2.21. The zero-order valence-electron chi connectivity index (χ0n) is 9.20. The number of nitrogens with zero attached hydrogens (tertiary/aromatic N) is 1. The zero-order chi connectivity index (χ0) is 11.8.